The van der Waals surface area contributed by atoms with Crippen molar-refractivity contribution in [3.8, 4) is 0 Å². The standard InChI is InChI=1S/C8H14N/c1-2-9-8-6-4-3-5-7-8/h1-2,8-9H,3-7H2. The van der Waals surface area contributed by atoms with E-state index in [1.807, 2.05) is 0 Å². The Kier molecular flexibility index (Phi) is 2.62. The van der Waals surface area contributed by atoms with Gasteiger partial charge in [-0.15, -0.1) is 0 Å². The molecule has 0 amide bonds. The third-order valence-electron chi connectivity index (χ3n) is 1.94. The van der Waals surface area contributed by atoms with Crippen molar-refractivity contribution in [1.29, 1.82) is 0 Å². The zero-order valence-electron chi connectivity index (χ0n) is 5.77. The predicted molar refractivity (Wildman–Crippen MR) is 38.9 cm³/mol. The Morgan fingerprint density at radius 2 is 1.89 bits per heavy atom. The van der Waals surface area contributed by atoms with E-state index >= 15 is 0 Å². The van der Waals surface area contributed by atoms with E-state index in [4.69, 9.17) is 6.58 Å². The number of hydrogen-bond acceptors (Lipinski definition) is 1. The van der Waals surface area contributed by atoms with Crippen LogP contribution < -0.4 is 5.32 Å². The Balaban J connectivity index is 2.15. The van der Waals surface area contributed by atoms with E-state index in [1.165, 1.54) is 32.1 Å². The van der Waals surface area contributed by atoms with E-state index in [0.29, 0.717) is 6.04 Å². The molecule has 51 valence electrons. The average molecular weight is 124 g/mol. The highest BCUT2D eigenvalue weighted by molar-refractivity contribution is 4.75. The molecule has 1 heteroatoms. The maximum absolute atomic E-state index is 5.22. The molecule has 0 bridgehead atoms. The fourth-order valence-electron chi connectivity index (χ4n) is 1.41. The minimum absolute atomic E-state index is 0.670. The molecule has 0 aromatic rings. The van der Waals surface area contributed by atoms with Gasteiger partial charge in [-0.2, -0.15) is 0 Å². The maximum atomic E-state index is 5.22. The summed E-state index contributed by atoms with van der Waals surface area (Å²) >= 11 is 0. The first-order valence-corrected chi connectivity index (χ1v) is 3.73. The van der Waals surface area contributed by atoms with Crippen LogP contribution in [0.25, 0.3) is 0 Å². The van der Waals surface area contributed by atoms with Gasteiger partial charge in [-0.1, -0.05) is 19.3 Å². The lowest BCUT2D eigenvalue weighted by Gasteiger charge is -2.21. The number of hydrogen-bond donors (Lipinski definition) is 1. The Morgan fingerprint density at radius 3 is 2.44 bits per heavy atom. The van der Waals surface area contributed by atoms with Crippen LogP contribution in [0.2, 0.25) is 0 Å². The molecule has 1 radical (unpaired) electrons. The zero-order valence-corrected chi connectivity index (χ0v) is 5.77. The highest BCUT2D eigenvalue weighted by atomic mass is 14.9. The molecule has 1 aliphatic carbocycles. The first kappa shape index (κ1) is 6.66. The van der Waals surface area contributed by atoms with E-state index in [2.05, 4.69) is 5.32 Å². The molecule has 1 aliphatic rings. The molecular weight excluding hydrogens is 110 g/mol. The van der Waals surface area contributed by atoms with Gasteiger partial charge in [0.25, 0.3) is 0 Å². The lowest BCUT2D eigenvalue weighted by atomic mass is 9.96. The summed E-state index contributed by atoms with van der Waals surface area (Å²) in [7, 11) is 0. The van der Waals surface area contributed by atoms with Gasteiger partial charge in [0.05, 0.1) is 0 Å². The molecule has 0 aromatic carbocycles. The van der Waals surface area contributed by atoms with Crippen molar-refractivity contribution in [2.24, 2.45) is 0 Å². The van der Waals surface area contributed by atoms with Crippen LogP contribution in [0.1, 0.15) is 32.1 Å². The van der Waals surface area contributed by atoms with Crippen molar-refractivity contribution >= 4 is 0 Å². The second-order valence-corrected chi connectivity index (χ2v) is 2.67. The Hall–Kier alpha value is -0.460. The molecule has 0 heterocycles. The van der Waals surface area contributed by atoms with Gasteiger partial charge in [0.15, 0.2) is 0 Å². The summed E-state index contributed by atoms with van der Waals surface area (Å²) in [5.74, 6) is 0. The van der Waals surface area contributed by atoms with E-state index in [9.17, 15) is 0 Å². The van der Waals surface area contributed by atoms with E-state index < -0.39 is 0 Å². The van der Waals surface area contributed by atoms with Gasteiger partial charge in [-0.3, -0.25) is 0 Å². The molecule has 1 saturated carbocycles. The summed E-state index contributed by atoms with van der Waals surface area (Å²) in [6.07, 6.45) is 8.30. The van der Waals surface area contributed by atoms with Crippen molar-refractivity contribution in [2.75, 3.05) is 0 Å². The van der Waals surface area contributed by atoms with Crippen LogP contribution in [0.15, 0.2) is 6.20 Å². The van der Waals surface area contributed by atoms with E-state index in [-0.39, 0.29) is 0 Å². The molecule has 1 rings (SSSR count). The largest absolute Gasteiger partial charge is 0.388 e. The molecule has 0 atom stereocenters. The Morgan fingerprint density at radius 1 is 1.22 bits per heavy atom. The summed E-state index contributed by atoms with van der Waals surface area (Å²) in [5.41, 5.74) is 0. The Bertz CT molecular complexity index is 82.6. The van der Waals surface area contributed by atoms with Gasteiger partial charge < -0.3 is 5.32 Å². The molecule has 1 fully saturated rings. The second-order valence-electron chi connectivity index (χ2n) is 2.67. The predicted octanol–water partition coefficient (Wildman–Crippen LogP) is 1.86. The van der Waals surface area contributed by atoms with Crippen LogP contribution in [0.4, 0.5) is 0 Å². The monoisotopic (exact) mass is 124 g/mol. The number of rotatable bonds is 2. The first-order chi connectivity index (χ1) is 4.43. The molecule has 0 spiro atoms. The van der Waals surface area contributed by atoms with E-state index in [0.717, 1.165) is 0 Å². The minimum Gasteiger partial charge on any atom is -0.388 e. The highest BCUT2D eigenvalue weighted by Crippen LogP contribution is 2.16. The van der Waals surface area contributed by atoms with Crippen LogP contribution in [-0.2, 0) is 0 Å². The van der Waals surface area contributed by atoms with Gasteiger partial charge in [0.2, 0.25) is 0 Å². The summed E-state index contributed by atoms with van der Waals surface area (Å²) in [5, 5.41) is 3.14. The first-order valence-electron chi connectivity index (χ1n) is 3.73. The summed E-state index contributed by atoms with van der Waals surface area (Å²) < 4.78 is 0. The van der Waals surface area contributed by atoms with Gasteiger partial charge in [0.1, 0.15) is 0 Å². The molecule has 9 heavy (non-hydrogen) atoms. The van der Waals surface area contributed by atoms with Crippen molar-refractivity contribution < 1.29 is 0 Å². The summed E-state index contributed by atoms with van der Waals surface area (Å²) in [4.78, 5) is 0. The van der Waals surface area contributed by atoms with Crippen LogP contribution in [0.3, 0.4) is 0 Å². The van der Waals surface area contributed by atoms with Gasteiger partial charge >= 0.3 is 0 Å². The van der Waals surface area contributed by atoms with Crippen LogP contribution in [-0.4, -0.2) is 6.04 Å². The third kappa shape index (κ3) is 2.08. The van der Waals surface area contributed by atoms with Crippen LogP contribution in [0, 0.1) is 6.58 Å². The second kappa shape index (κ2) is 3.54. The summed E-state index contributed by atoms with van der Waals surface area (Å²) in [6.45, 7) is 5.22. The van der Waals surface area contributed by atoms with Crippen LogP contribution >= 0.6 is 0 Å². The fraction of sp³-hybridized carbons (Fsp3) is 0.750. The molecular formula is C8H14N. The van der Waals surface area contributed by atoms with Crippen LogP contribution in [0.5, 0.6) is 0 Å². The molecule has 0 unspecified atom stereocenters. The topological polar surface area (TPSA) is 12.0 Å². The van der Waals surface area contributed by atoms with Crippen molar-refractivity contribution in [1.82, 2.24) is 5.32 Å². The average Bonchev–Trinajstić information content (AvgIpc) is 1.91. The molecule has 1 N–H and O–H groups in total. The lowest BCUT2D eigenvalue weighted by Crippen LogP contribution is -2.26. The van der Waals surface area contributed by atoms with Gasteiger partial charge in [-0.05, 0) is 25.6 Å². The molecule has 0 aromatic heterocycles. The van der Waals surface area contributed by atoms with Gasteiger partial charge in [-0.25, -0.2) is 0 Å². The third-order valence-corrected chi connectivity index (χ3v) is 1.94. The van der Waals surface area contributed by atoms with Crippen molar-refractivity contribution in [3.05, 3.63) is 12.8 Å². The van der Waals surface area contributed by atoms with E-state index in [1.54, 1.807) is 6.20 Å². The van der Waals surface area contributed by atoms with Crippen molar-refractivity contribution in [3.63, 3.8) is 0 Å². The minimum atomic E-state index is 0.670. The SMILES string of the molecule is [CH]=CNC1CCCCC1. The van der Waals surface area contributed by atoms with Gasteiger partial charge in [0, 0.05) is 6.04 Å². The highest BCUT2D eigenvalue weighted by Gasteiger charge is 2.09. The molecule has 0 aliphatic heterocycles. The molecule has 0 saturated heterocycles. The fourth-order valence-corrected chi connectivity index (χ4v) is 1.41. The smallest absolute Gasteiger partial charge is 0.0255 e. The Labute approximate surface area is 57.1 Å². The summed E-state index contributed by atoms with van der Waals surface area (Å²) in [6, 6.07) is 0.670. The van der Waals surface area contributed by atoms with Crippen molar-refractivity contribution in [2.45, 2.75) is 38.1 Å². The molecule has 1 nitrogen and oxygen atoms in total. The zero-order chi connectivity index (χ0) is 6.53. The lowest BCUT2D eigenvalue weighted by molar-refractivity contribution is 0.404. The normalized spacial score (nSPS) is 21.3. The number of nitrogens with one attached hydrogen (secondary N) is 1. The quantitative estimate of drug-likeness (QED) is 0.592. The maximum Gasteiger partial charge on any atom is 0.0255 e.